The molecule has 0 spiro atoms. The van der Waals surface area contributed by atoms with E-state index in [1.54, 1.807) is 12.1 Å². The average Bonchev–Trinajstić information content (AvgIpc) is 2.66. The van der Waals surface area contributed by atoms with E-state index in [1.807, 2.05) is 24.0 Å². The maximum absolute atomic E-state index is 9.93. The van der Waals surface area contributed by atoms with Crippen LogP contribution in [0.4, 0.5) is 5.69 Å². The largest absolute Gasteiger partial charge is 0.491 e. The number of nitrogens with zero attached hydrogens (tertiary/aromatic N) is 1. The van der Waals surface area contributed by atoms with Crippen molar-refractivity contribution in [3.8, 4) is 5.75 Å². The van der Waals surface area contributed by atoms with Gasteiger partial charge in [-0.1, -0.05) is 6.07 Å². The molecule has 5 nitrogen and oxygen atoms in total. The summed E-state index contributed by atoms with van der Waals surface area (Å²) < 4.78 is 5.49. The van der Waals surface area contributed by atoms with Crippen LogP contribution in [0.5, 0.6) is 5.75 Å². The molecular formula is C14H22N2O3. The van der Waals surface area contributed by atoms with Gasteiger partial charge in [0.05, 0.1) is 5.60 Å². The fourth-order valence-corrected chi connectivity index (χ4v) is 2.34. The summed E-state index contributed by atoms with van der Waals surface area (Å²) in [6, 6.07) is 7.14. The van der Waals surface area contributed by atoms with Crippen molar-refractivity contribution in [1.82, 2.24) is 4.90 Å². The van der Waals surface area contributed by atoms with Gasteiger partial charge in [0.25, 0.3) is 0 Å². The minimum atomic E-state index is -0.630. The fraction of sp³-hybridized carbons (Fsp3) is 0.571. The van der Waals surface area contributed by atoms with Gasteiger partial charge in [-0.15, -0.1) is 0 Å². The van der Waals surface area contributed by atoms with Gasteiger partial charge in [0.2, 0.25) is 0 Å². The molecule has 1 aromatic carbocycles. The molecule has 1 aliphatic rings. The van der Waals surface area contributed by atoms with Crippen molar-refractivity contribution in [3.63, 3.8) is 0 Å². The van der Waals surface area contributed by atoms with E-state index in [4.69, 9.17) is 10.5 Å². The Morgan fingerprint density at radius 2 is 2.32 bits per heavy atom. The Morgan fingerprint density at radius 1 is 1.53 bits per heavy atom. The van der Waals surface area contributed by atoms with Crippen LogP contribution in [-0.4, -0.2) is 53.1 Å². The number of aliphatic hydroxyl groups excluding tert-OH is 1. The predicted octanol–water partition coefficient (Wildman–Crippen LogP) is 0.465. The number of rotatable bonds is 5. The summed E-state index contributed by atoms with van der Waals surface area (Å²) in [6.45, 7) is 3.97. The topological polar surface area (TPSA) is 79.0 Å². The number of nitrogens with two attached hydrogens (primary N) is 1. The standard InChI is InChI=1S/C14H22N2O3/c1-14(18)5-6-16(10-14)8-12(17)9-19-13-4-2-3-11(15)7-13/h2-4,7,12,17-18H,5-6,8-10,15H2,1H3. The van der Waals surface area contributed by atoms with E-state index in [9.17, 15) is 10.2 Å². The Bertz CT molecular complexity index is 423. The highest BCUT2D eigenvalue weighted by Gasteiger charge is 2.31. The minimum Gasteiger partial charge on any atom is -0.491 e. The summed E-state index contributed by atoms with van der Waals surface area (Å²) in [5.74, 6) is 0.660. The Labute approximate surface area is 113 Å². The summed E-state index contributed by atoms with van der Waals surface area (Å²) in [5, 5.41) is 19.8. The van der Waals surface area contributed by atoms with Gasteiger partial charge < -0.3 is 20.7 Å². The first-order valence-corrected chi connectivity index (χ1v) is 6.56. The van der Waals surface area contributed by atoms with Gasteiger partial charge in [-0.3, -0.25) is 4.90 Å². The molecule has 106 valence electrons. The first-order chi connectivity index (χ1) is 8.94. The average molecular weight is 266 g/mol. The van der Waals surface area contributed by atoms with Crippen LogP contribution in [0, 0.1) is 0 Å². The molecule has 1 aliphatic heterocycles. The SMILES string of the molecule is CC1(O)CCN(CC(O)COc2cccc(N)c2)C1. The quantitative estimate of drug-likeness (QED) is 0.675. The smallest absolute Gasteiger partial charge is 0.121 e. The molecule has 19 heavy (non-hydrogen) atoms. The first-order valence-electron chi connectivity index (χ1n) is 6.56. The van der Waals surface area contributed by atoms with Crippen LogP contribution in [0.1, 0.15) is 13.3 Å². The number of ether oxygens (including phenoxy) is 1. The Balaban J connectivity index is 1.74. The second kappa shape index (κ2) is 5.77. The molecular weight excluding hydrogens is 244 g/mol. The van der Waals surface area contributed by atoms with Crippen molar-refractivity contribution in [2.45, 2.75) is 25.0 Å². The monoisotopic (exact) mass is 266 g/mol. The van der Waals surface area contributed by atoms with E-state index < -0.39 is 11.7 Å². The number of benzene rings is 1. The number of aliphatic hydroxyl groups is 2. The molecule has 2 atom stereocenters. The van der Waals surface area contributed by atoms with Crippen molar-refractivity contribution < 1.29 is 14.9 Å². The van der Waals surface area contributed by atoms with Gasteiger partial charge in [-0.05, 0) is 25.5 Å². The molecule has 4 N–H and O–H groups in total. The van der Waals surface area contributed by atoms with Crippen molar-refractivity contribution in [1.29, 1.82) is 0 Å². The zero-order valence-electron chi connectivity index (χ0n) is 11.2. The molecule has 1 heterocycles. The van der Waals surface area contributed by atoms with E-state index in [1.165, 1.54) is 0 Å². The summed E-state index contributed by atoms with van der Waals surface area (Å²) in [5.41, 5.74) is 5.66. The Kier molecular flexibility index (Phi) is 4.29. The third kappa shape index (κ3) is 4.38. The molecule has 1 saturated heterocycles. The van der Waals surface area contributed by atoms with Crippen LogP contribution in [0.25, 0.3) is 0 Å². The number of nitrogen functional groups attached to an aromatic ring is 1. The number of β-amino-alcohol motifs (C(OH)–C–C–N with tert-alkyl or cyclic N) is 2. The van der Waals surface area contributed by atoms with Gasteiger partial charge in [0.15, 0.2) is 0 Å². The highest BCUT2D eigenvalue weighted by Crippen LogP contribution is 2.20. The molecule has 0 amide bonds. The van der Waals surface area contributed by atoms with Crippen molar-refractivity contribution in [2.24, 2.45) is 0 Å². The molecule has 5 heteroatoms. The minimum absolute atomic E-state index is 0.224. The van der Waals surface area contributed by atoms with Gasteiger partial charge >= 0.3 is 0 Å². The third-order valence-corrected chi connectivity index (χ3v) is 3.30. The van der Waals surface area contributed by atoms with Crippen LogP contribution in [0.2, 0.25) is 0 Å². The summed E-state index contributed by atoms with van der Waals surface area (Å²) >= 11 is 0. The molecule has 1 fully saturated rings. The summed E-state index contributed by atoms with van der Waals surface area (Å²) in [4.78, 5) is 2.05. The fourth-order valence-electron chi connectivity index (χ4n) is 2.34. The normalized spacial score (nSPS) is 25.4. The lowest BCUT2D eigenvalue weighted by molar-refractivity contribution is 0.0467. The van der Waals surface area contributed by atoms with E-state index in [0.29, 0.717) is 24.5 Å². The highest BCUT2D eigenvalue weighted by atomic mass is 16.5. The van der Waals surface area contributed by atoms with Gasteiger partial charge in [-0.25, -0.2) is 0 Å². The Hall–Kier alpha value is -1.30. The van der Waals surface area contributed by atoms with E-state index in [-0.39, 0.29) is 6.61 Å². The highest BCUT2D eigenvalue weighted by molar-refractivity contribution is 5.43. The molecule has 0 saturated carbocycles. The zero-order chi connectivity index (χ0) is 13.9. The van der Waals surface area contributed by atoms with Crippen LogP contribution in [0.3, 0.4) is 0 Å². The number of hydrogen-bond donors (Lipinski definition) is 3. The van der Waals surface area contributed by atoms with E-state index in [0.717, 1.165) is 13.0 Å². The molecule has 1 aromatic rings. The summed E-state index contributed by atoms with van der Waals surface area (Å²) in [7, 11) is 0. The molecule has 0 aliphatic carbocycles. The summed E-state index contributed by atoms with van der Waals surface area (Å²) in [6.07, 6.45) is 0.172. The number of likely N-dealkylation sites (tertiary alicyclic amines) is 1. The maximum Gasteiger partial charge on any atom is 0.121 e. The van der Waals surface area contributed by atoms with Crippen molar-refractivity contribution in [2.75, 3.05) is 32.0 Å². The van der Waals surface area contributed by atoms with E-state index in [2.05, 4.69) is 0 Å². The van der Waals surface area contributed by atoms with Crippen molar-refractivity contribution in [3.05, 3.63) is 24.3 Å². The van der Waals surface area contributed by atoms with Crippen LogP contribution in [-0.2, 0) is 0 Å². The first kappa shape index (κ1) is 14.1. The molecule has 2 unspecified atom stereocenters. The zero-order valence-corrected chi connectivity index (χ0v) is 11.2. The molecule has 0 bridgehead atoms. The second-order valence-corrected chi connectivity index (χ2v) is 5.52. The Morgan fingerprint density at radius 3 is 2.95 bits per heavy atom. The maximum atomic E-state index is 9.93. The predicted molar refractivity (Wildman–Crippen MR) is 74.0 cm³/mol. The van der Waals surface area contributed by atoms with Gasteiger partial charge in [0.1, 0.15) is 18.5 Å². The molecule has 2 rings (SSSR count). The van der Waals surface area contributed by atoms with Crippen molar-refractivity contribution >= 4 is 5.69 Å². The lowest BCUT2D eigenvalue weighted by Gasteiger charge is -2.21. The van der Waals surface area contributed by atoms with Gasteiger partial charge in [0, 0.05) is 31.4 Å². The van der Waals surface area contributed by atoms with Crippen LogP contribution >= 0.6 is 0 Å². The van der Waals surface area contributed by atoms with Gasteiger partial charge in [-0.2, -0.15) is 0 Å². The number of hydrogen-bond acceptors (Lipinski definition) is 5. The molecule has 0 radical (unpaired) electrons. The molecule has 0 aromatic heterocycles. The van der Waals surface area contributed by atoms with Crippen LogP contribution in [0.15, 0.2) is 24.3 Å². The number of anilines is 1. The second-order valence-electron chi connectivity index (χ2n) is 5.52. The third-order valence-electron chi connectivity index (χ3n) is 3.30. The lowest BCUT2D eigenvalue weighted by Crippen LogP contribution is -2.37. The van der Waals surface area contributed by atoms with E-state index >= 15 is 0 Å². The lowest BCUT2D eigenvalue weighted by atomic mass is 10.1. The van der Waals surface area contributed by atoms with Crippen LogP contribution < -0.4 is 10.5 Å².